The predicted octanol–water partition coefficient (Wildman–Crippen LogP) is 0.816. The number of aromatic amines is 1. The number of carbonyl (C=O) groups excluding carboxylic acids is 3. The van der Waals surface area contributed by atoms with Gasteiger partial charge in [0.15, 0.2) is 6.61 Å². The Bertz CT molecular complexity index is 819. The Morgan fingerprint density at radius 3 is 2.71 bits per heavy atom. The summed E-state index contributed by atoms with van der Waals surface area (Å²) < 4.78 is 10.2. The first-order valence-electron chi connectivity index (χ1n) is 8.94. The third-order valence-corrected chi connectivity index (χ3v) is 4.39. The summed E-state index contributed by atoms with van der Waals surface area (Å²) in [5.41, 5.74) is 1.51. The standard InChI is InChI=1S/C19H22N4O5/c1-27-19(26)16(9-13-10-20-12-21-13)22-17(24)11-28-15-6-4-14(5-7-15)23-8-2-3-18(23)25/h4-7,10,12,16H,2-3,8-9,11H2,1H3,(H,20,21)(H,22,24)/t16-/m0/s1. The molecule has 0 saturated carbocycles. The lowest BCUT2D eigenvalue weighted by Gasteiger charge is -2.17. The van der Waals surface area contributed by atoms with Crippen LogP contribution in [0, 0.1) is 0 Å². The molecule has 1 fully saturated rings. The van der Waals surface area contributed by atoms with Crippen molar-refractivity contribution in [1.29, 1.82) is 0 Å². The zero-order valence-electron chi connectivity index (χ0n) is 15.5. The minimum atomic E-state index is -0.842. The Balaban J connectivity index is 1.52. The highest BCUT2D eigenvalue weighted by Gasteiger charge is 2.23. The second-order valence-electron chi connectivity index (χ2n) is 6.36. The Labute approximate surface area is 162 Å². The topological polar surface area (TPSA) is 114 Å². The lowest BCUT2D eigenvalue weighted by Crippen LogP contribution is -2.45. The van der Waals surface area contributed by atoms with Crippen molar-refractivity contribution in [3.8, 4) is 5.75 Å². The van der Waals surface area contributed by atoms with E-state index in [4.69, 9.17) is 9.47 Å². The zero-order valence-corrected chi connectivity index (χ0v) is 15.5. The van der Waals surface area contributed by atoms with Crippen molar-refractivity contribution in [1.82, 2.24) is 15.3 Å². The summed E-state index contributed by atoms with van der Waals surface area (Å²) in [6, 6.07) is 6.13. The van der Waals surface area contributed by atoms with Crippen LogP contribution < -0.4 is 15.0 Å². The fourth-order valence-electron chi connectivity index (χ4n) is 2.98. The smallest absolute Gasteiger partial charge is 0.328 e. The van der Waals surface area contributed by atoms with Gasteiger partial charge in [-0.3, -0.25) is 9.59 Å². The number of amides is 2. The predicted molar refractivity (Wildman–Crippen MR) is 99.8 cm³/mol. The summed E-state index contributed by atoms with van der Waals surface area (Å²) in [5, 5.41) is 2.60. The molecule has 3 rings (SSSR count). The monoisotopic (exact) mass is 386 g/mol. The maximum Gasteiger partial charge on any atom is 0.328 e. The second kappa shape index (κ2) is 9.03. The number of ether oxygens (including phenoxy) is 2. The number of nitrogens with one attached hydrogen (secondary N) is 2. The molecule has 1 aromatic heterocycles. The average Bonchev–Trinajstić information content (AvgIpc) is 3.37. The Morgan fingerprint density at radius 2 is 2.11 bits per heavy atom. The van der Waals surface area contributed by atoms with Gasteiger partial charge in [0.25, 0.3) is 5.91 Å². The minimum Gasteiger partial charge on any atom is -0.484 e. The van der Waals surface area contributed by atoms with Crippen molar-refractivity contribution in [2.24, 2.45) is 0 Å². The van der Waals surface area contributed by atoms with E-state index in [1.54, 1.807) is 35.4 Å². The zero-order chi connectivity index (χ0) is 19.9. The quantitative estimate of drug-likeness (QED) is 0.649. The van der Waals surface area contributed by atoms with E-state index in [1.165, 1.54) is 13.4 Å². The first-order valence-corrected chi connectivity index (χ1v) is 8.94. The van der Waals surface area contributed by atoms with Crippen molar-refractivity contribution in [2.45, 2.75) is 25.3 Å². The summed E-state index contributed by atoms with van der Waals surface area (Å²) >= 11 is 0. The van der Waals surface area contributed by atoms with Gasteiger partial charge >= 0.3 is 5.97 Å². The number of benzene rings is 1. The molecule has 0 radical (unpaired) electrons. The van der Waals surface area contributed by atoms with Crippen LogP contribution in [0.4, 0.5) is 5.69 Å². The molecule has 1 aliphatic heterocycles. The molecular formula is C19H22N4O5. The number of rotatable bonds is 8. The first-order chi connectivity index (χ1) is 13.6. The molecule has 0 unspecified atom stereocenters. The summed E-state index contributed by atoms with van der Waals surface area (Å²) in [7, 11) is 1.26. The van der Waals surface area contributed by atoms with Crippen LogP contribution in [-0.4, -0.2) is 54.1 Å². The van der Waals surface area contributed by atoms with E-state index in [-0.39, 0.29) is 18.9 Å². The van der Waals surface area contributed by atoms with Gasteiger partial charge in [-0.1, -0.05) is 0 Å². The van der Waals surface area contributed by atoms with Crippen LogP contribution in [0.15, 0.2) is 36.8 Å². The summed E-state index contributed by atoms with van der Waals surface area (Å²) in [6.45, 7) is 0.463. The summed E-state index contributed by atoms with van der Waals surface area (Å²) in [4.78, 5) is 44.3. The number of H-pyrrole nitrogens is 1. The van der Waals surface area contributed by atoms with Gasteiger partial charge in [-0.25, -0.2) is 9.78 Å². The number of esters is 1. The number of aromatic nitrogens is 2. The van der Waals surface area contributed by atoms with Gasteiger partial charge in [0.2, 0.25) is 5.91 Å². The Morgan fingerprint density at radius 1 is 1.32 bits per heavy atom. The second-order valence-corrected chi connectivity index (χ2v) is 6.36. The van der Waals surface area contributed by atoms with Gasteiger partial charge in [0, 0.05) is 37.0 Å². The third kappa shape index (κ3) is 4.87. The maximum atomic E-state index is 12.2. The highest BCUT2D eigenvalue weighted by Crippen LogP contribution is 2.23. The molecule has 1 aromatic carbocycles. The molecule has 1 atom stereocenters. The van der Waals surface area contributed by atoms with Gasteiger partial charge in [0.1, 0.15) is 11.8 Å². The molecule has 2 heterocycles. The van der Waals surface area contributed by atoms with Crippen molar-refractivity contribution in [3.63, 3.8) is 0 Å². The summed E-state index contributed by atoms with van der Waals surface area (Å²) in [6.07, 6.45) is 4.73. The van der Waals surface area contributed by atoms with Crippen LogP contribution in [0.3, 0.4) is 0 Å². The molecule has 28 heavy (non-hydrogen) atoms. The van der Waals surface area contributed by atoms with E-state index >= 15 is 0 Å². The SMILES string of the molecule is COC(=O)[C@H](Cc1cnc[nH]1)NC(=O)COc1ccc(N2CCCC2=O)cc1. The lowest BCUT2D eigenvalue weighted by atomic mass is 10.1. The van der Waals surface area contributed by atoms with Crippen LogP contribution in [0.5, 0.6) is 5.75 Å². The van der Waals surface area contributed by atoms with E-state index in [0.29, 0.717) is 24.4 Å². The number of hydrogen-bond donors (Lipinski definition) is 2. The van der Waals surface area contributed by atoms with Crippen LogP contribution >= 0.6 is 0 Å². The molecule has 9 nitrogen and oxygen atoms in total. The number of nitrogens with zero attached hydrogens (tertiary/aromatic N) is 2. The normalized spacial score (nSPS) is 14.6. The van der Waals surface area contributed by atoms with E-state index in [1.807, 2.05) is 0 Å². The molecule has 2 aromatic rings. The van der Waals surface area contributed by atoms with Gasteiger partial charge in [-0.15, -0.1) is 0 Å². The number of imidazole rings is 1. The van der Waals surface area contributed by atoms with Crippen molar-refractivity contribution < 1.29 is 23.9 Å². The van der Waals surface area contributed by atoms with Crippen molar-refractivity contribution >= 4 is 23.5 Å². The molecule has 2 N–H and O–H groups in total. The molecule has 1 saturated heterocycles. The number of carbonyl (C=O) groups is 3. The molecule has 148 valence electrons. The van der Waals surface area contributed by atoms with Gasteiger partial charge in [-0.05, 0) is 30.7 Å². The van der Waals surface area contributed by atoms with Crippen molar-refractivity contribution in [2.75, 3.05) is 25.2 Å². The number of methoxy groups -OCH3 is 1. The van der Waals surface area contributed by atoms with E-state index < -0.39 is 17.9 Å². The lowest BCUT2D eigenvalue weighted by molar-refractivity contribution is -0.145. The van der Waals surface area contributed by atoms with E-state index in [2.05, 4.69) is 15.3 Å². The van der Waals surface area contributed by atoms with Crippen LogP contribution in [0.1, 0.15) is 18.5 Å². The van der Waals surface area contributed by atoms with E-state index in [9.17, 15) is 14.4 Å². The average molecular weight is 386 g/mol. The minimum absolute atomic E-state index is 0.110. The van der Waals surface area contributed by atoms with Gasteiger partial charge in [-0.2, -0.15) is 0 Å². The van der Waals surface area contributed by atoms with Gasteiger partial charge < -0.3 is 24.7 Å². The van der Waals surface area contributed by atoms with Crippen LogP contribution in [0.2, 0.25) is 0 Å². The molecule has 1 aliphatic rings. The van der Waals surface area contributed by atoms with E-state index in [0.717, 1.165) is 12.1 Å². The Hall–Kier alpha value is -3.36. The molecular weight excluding hydrogens is 364 g/mol. The number of hydrogen-bond acceptors (Lipinski definition) is 6. The molecule has 9 heteroatoms. The molecule has 2 amide bonds. The third-order valence-electron chi connectivity index (χ3n) is 4.39. The number of anilines is 1. The molecule has 0 spiro atoms. The first kappa shape index (κ1) is 19.4. The molecule has 0 bridgehead atoms. The molecule has 0 aliphatic carbocycles. The maximum absolute atomic E-state index is 12.2. The van der Waals surface area contributed by atoms with Crippen LogP contribution in [-0.2, 0) is 25.5 Å². The fourth-order valence-corrected chi connectivity index (χ4v) is 2.98. The van der Waals surface area contributed by atoms with Gasteiger partial charge in [0.05, 0.1) is 13.4 Å². The fraction of sp³-hybridized carbons (Fsp3) is 0.368. The van der Waals surface area contributed by atoms with Crippen LogP contribution in [0.25, 0.3) is 0 Å². The Kier molecular flexibility index (Phi) is 6.25. The largest absolute Gasteiger partial charge is 0.484 e. The highest BCUT2D eigenvalue weighted by atomic mass is 16.5. The van der Waals surface area contributed by atoms with Crippen molar-refractivity contribution in [3.05, 3.63) is 42.5 Å². The highest BCUT2D eigenvalue weighted by molar-refractivity contribution is 5.95. The summed E-state index contributed by atoms with van der Waals surface area (Å²) in [5.74, 6) is -0.399.